The number of rotatable bonds is 1. The minimum atomic E-state index is -3.92. The lowest BCUT2D eigenvalue weighted by Gasteiger charge is -2.14. The van der Waals surface area contributed by atoms with E-state index in [1.54, 1.807) is 0 Å². The highest BCUT2D eigenvalue weighted by molar-refractivity contribution is 7.83. The van der Waals surface area contributed by atoms with E-state index in [-0.39, 0.29) is 0 Å². The first kappa shape index (κ1) is 8.96. The molecule has 1 saturated heterocycles. The van der Waals surface area contributed by atoms with Crippen LogP contribution in [0.25, 0.3) is 0 Å². The Morgan fingerprint density at radius 1 is 1.00 bits per heavy atom. The van der Waals surface area contributed by atoms with E-state index < -0.39 is 10.3 Å². The molecule has 1 aliphatic rings. The Kier molecular flexibility index (Phi) is 2.86. The van der Waals surface area contributed by atoms with Crippen LogP contribution in [-0.4, -0.2) is 30.4 Å². The molecule has 0 atom stereocenters. The SMILES string of the molecule is O=S(=O)(O)N1CCCCCC1. The van der Waals surface area contributed by atoms with Crippen molar-refractivity contribution in [2.45, 2.75) is 25.7 Å². The van der Waals surface area contributed by atoms with Gasteiger partial charge in [0.2, 0.25) is 0 Å². The lowest BCUT2D eigenvalue weighted by molar-refractivity contribution is 0.358. The van der Waals surface area contributed by atoms with Crippen molar-refractivity contribution in [2.24, 2.45) is 0 Å². The molecule has 0 bridgehead atoms. The highest BCUT2D eigenvalue weighted by Gasteiger charge is 2.19. The lowest BCUT2D eigenvalue weighted by Crippen LogP contribution is -2.31. The largest absolute Gasteiger partial charge is 0.335 e. The van der Waals surface area contributed by atoms with Crippen LogP contribution in [0.3, 0.4) is 0 Å². The molecule has 0 aromatic carbocycles. The van der Waals surface area contributed by atoms with Gasteiger partial charge in [0, 0.05) is 13.1 Å². The lowest BCUT2D eigenvalue weighted by atomic mass is 10.2. The topological polar surface area (TPSA) is 57.6 Å². The van der Waals surface area contributed by atoms with Gasteiger partial charge in [0.25, 0.3) is 0 Å². The summed E-state index contributed by atoms with van der Waals surface area (Å²) in [5, 5.41) is 0. The molecular formula is C6H13NO3S. The fourth-order valence-corrected chi connectivity index (χ4v) is 1.99. The second kappa shape index (κ2) is 3.51. The zero-order valence-electron chi connectivity index (χ0n) is 6.36. The van der Waals surface area contributed by atoms with Gasteiger partial charge in [0.05, 0.1) is 0 Å². The number of hydrogen-bond acceptors (Lipinski definition) is 2. The Balaban J connectivity index is 2.57. The van der Waals surface area contributed by atoms with Crippen molar-refractivity contribution in [1.82, 2.24) is 4.31 Å². The average molecular weight is 179 g/mol. The molecular weight excluding hydrogens is 166 g/mol. The van der Waals surface area contributed by atoms with Crippen molar-refractivity contribution in [2.75, 3.05) is 13.1 Å². The van der Waals surface area contributed by atoms with Crippen molar-refractivity contribution in [1.29, 1.82) is 0 Å². The summed E-state index contributed by atoms with van der Waals surface area (Å²) in [6.45, 7) is 0.942. The monoisotopic (exact) mass is 179 g/mol. The van der Waals surface area contributed by atoms with Crippen LogP contribution in [0.5, 0.6) is 0 Å². The average Bonchev–Trinajstić information content (AvgIpc) is 2.10. The molecule has 1 N–H and O–H groups in total. The molecule has 0 aliphatic carbocycles. The maximum Gasteiger partial charge on any atom is 0.335 e. The summed E-state index contributed by atoms with van der Waals surface area (Å²) in [5.74, 6) is 0. The van der Waals surface area contributed by atoms with Crippen molar-refractivity contribution >= 4 is 10.3 Å². The van der Waals surface area contributed by atoms with Crippen LogP contribution in [0.2, 0.25) is 0 Å². The van der Waals surface area contributed by atoms with E-state index in [0.29, 0.717) is 13.1 Å². The summed E-state index contributed by atoms with van der Waals surface area (Å²) in [7, 11) is -3.92. The van der Waals surface area contributed by atoms with Gasteiger partial charge in [-0.2, -0.15) is 12.7 Å². The molecule has 0 unspecified atom stereocenters. The van der Waals surface area contributed by atoms with Gasteiger partial charge >= 0.3 is 10.3 Å². The highest BCUT2D eigenvalue weighted by Crippen LogP contribution is 2.11. The Labute approximate surface area is 67.1 Å². The molecule has 0 saturated carbocycles. The molecule has 1 aliphatic heterocycles. The first-order valence-corrected chi connectivity index (χ1v) is 5.23. The van der Waals surface area contributed by atoms with Crippen LogP contribution in [0, 0.1) is 0 Å². The highest BCUT2D eigenvalue weighted by atomic mass is 32.2. The van der Waals surface area contributed by atoms with Crippen LogP contribution >= 0.6 is 0 Å². The Bertz CT molecular complexity index is 204. The summed E-state index contributed by atoms with van der Waals surface area (Å²) >= 11 is 0. The second-order valence-corrected chi connectivity index (χ2v) is 4.20. The van der Waals surface area contributed by atoms with Gasteiger partial charge in [-0.3, -0.25) is 4.55 Å². The molecule has 0 radical (unpaired) electrons. The minimum Gasteiger partial charge on any atom is -0.273 e. The van der Waals surface area contributed by atoms with Gasteiger partial charge in [-0.25, -0.2) is 0 Å². The van der Waals surface area contributed by atoms with E-state index in [0.717, 1.165) is 30.0 Å². The molecule has 5 heteroatoms. The fourth-order valence-electron chi connectivity index (χ4n) is 1.27. The van der Waals surface area contributed by atoms with Crippen molar-refractivity contribution in [3.8, 4) is 0 Å². The molecule has 0 aromatic rings. The van der Waals surface area contributed by atoms with Crippen LogP contribution in [0.15, 0.2) is 0 Å². The van der Waals surface area contributed by atoms with Crippen LogP contribution in [-0.2, 0) is 10.3 Å². The van der Waals surface area contributed by atoms with Gasteiger partial charge in [-0.1, -0.05) is 12.8 Å². The molecule has 0 spiro atoms. The predicted octanol–water partition coefficient (Wildman–Crippen LogP) is 0.665. The molecule has 1 rings (SSSR count). The van der Waals surface area contributed by atoms with E-state index >= 15 is 0 Å². The number of hydrogen-bond donors (Lipinski definition) is 1. The van der Waals surface area contributed by atoms with Crippen molar-refractivity contribution in [3.05, 3.63) is 0 Å². The van der Waals surface area contributed by atoms with Crippen LogP contribution in [0.1, 0.15) is 25.7 Å². The molecule has 0 amide bonds. The Hall–Kier alpha value is -0.130. The van der Waals surface area contributed by atoms with Crippen LogP contribution < -0.4 is 0 Å². The molecule has 1 heterocycles. The normalized spacial score (nSPS) is 23.0. The zero-order chi connectivity index (χ0) is 8.32. The molecule has 11 heavy (non-hydrogen) atoms. The summed E-state index contributed by atoms with van der Waals surface area (Å²) in [6.07, 6.45) is 3.84. The third-order valence-electron chi connectivity index (χ3n) is 1.89. The summed E-state index contributed by atoms with van der Waals surface area (Å²) in [5.41, 5.74) is 0. The number of nitrogens with zero attached hydrogens (tertiary/aromatic N) is 1. The van der Waals surface area contributed by atoms with Crippen molar-refractivity contribution < 1.29 is 13.0 Å². The molecule has 4 nitrogen and oxygen atoms in total. The first-order chi connectivity index (χ1) is 5.11. The zero-order valence-corrected chi connectivity index (χ0v) is 7.18. The third-order valence-corrected chi connectivity index (χ3v) is 2.91. The fraction of sp³-hybridized carbons (Fsp3) is 1.00. The van der Waals surface area contributed by atoms with Gasteiger partial charge in [0.1, 0.15) is 0 Å². The van der Waals surface area contributed by atoms with Crippen LogP contribution in [0.4, 0.5) is 0 Å². The minimum absolute atomic E-state index is 0.471. The van der Waals surface area contributed by atoms with E-state index in [9.17, 15) is 8.42 Å². The van der Waals surface area contributed by atoms with Crippen molar-refractivity contribution in [3.63, 3.8) is 0 Å². The molecule has 1 fully saturated rings. The molecule has 0 aromatic heterocycles. The van der Waals surface area contributed by atoms with Gasteiger partial charge < -0.3 is 0 Å². The first-order valence-electron chi connectivity index (χ1n) is 3.83. The van der Waals surface area contributed by atoms with E-state index in [1.807, 2.05) is 0 Å². The van der Waals surface area contributed by atoms with E-state index in [4.69, 9.17) is 4.55 Å². The maximum atomic E-state index is 10.6. The predicted molar refractivity (Wildman–Crippen MR) is 41.6 cm³/mol. The van der Waals surface area contributed by atoms with E-state index in [2.05, 4.69) is 0 Å². The standard InChI is InChI=1S/C6H13NO3S/c8-11(9,10)7-5-3-1-2-4-6-7/h1-6H2,(H,8,9,10). The third kappa shape index (κ3) is 2.76. The van der Waals surface area contributed by atoms with Gasteiger partial charge in [-0.15, -0.1) is 0 Å². The summed E-state index contributed by atoms with van der Waals surface area (Å²) in [6, 6.07) is 0. The summed E-state index contributed by atoms with van der Waals surface area (Å²) < 4.78 is 31.0. The smallest absolute Gasteiger partial charge is 0.273 e. The van der Waals surface area contributed by atoms with Gasteiger partial charge in [-0.05, 0) is 12.8 Å². The second-order valence-electron chi connectivity index (χ2n) is 2.79. The quantitative estimate of drug-likeness (QED) is 0.602. The summed E-state index contributed by atoms with van der Waals surface area (Å²) in [4.78, 5) is 0. The Morgan fingerprint density at radius 2 is 1.45 bits per heavy atom. The Morgan fingerprint density at radius 3 is 1.82 bits per heavy atom. The van der Waals surface area contributed by atoms with E-state index in [1.165, 1.54) is 0 Å². The van der Waals surface area contributed by atoms with Gasteiger partial charge in [0.15, 0.2) is 0 Å². The molecule has 66 valence electrons. The maximum absolute atomic E-state index is 10.6.